The highest BCUT2D eigenvalue weighted by Gasteiger charge is 2.09. The van der Waals surface area contributed by atoms with Gasteiger partial charge in [-0.1, -0.05) is 11.6 Å². The fraction of sp³-hybridized carbons (Fsp3) is 0. The van der Waals surface area contributed by atoms with Crippen LogP contribution in [0.25, 0.3) is 10.1 Å². The van der Waals surface area contributed by atoms with Crippen molar-refractivity contribution in [2.24, 2.45) is 0 Å². The predicted octanol–water partition coefficient (Wildman–Crippen LogP) is 3.01. The van der Waals surface area contributed by atoms with E-state index in [4.69, 9.17) is 22.6 Å². The van der Waals surface area contributed by atoms with Gasteiger partial charge in [0, 0.05) is 0 Å². The van der Waals surface area contributed by atoms with Crippen molar-refractivity contribution in [3.05, 3.63) is 28.1 Å². The van der Waals surface area contributed by atoms with Gasteiger partial charge in [0.2, 0.25) is 0 Å². The van der Waals surface area contributed by atoms with Crippen LogP contribution in [0.4, 0.5) is 5.69 Å². The van der Waals surface area contributed by atoms with Crippen LogP contribution in [0.5, 0.6) is 0 Å². The Balaban J connectivity index is 2.98. The summed E-state index contributed by atoms with van der Waals surface area (Å²) >= 11 is 7.36. The van der Waals surface area contributed by atoms with Gasteiger partial charge in [0.05, 0.1) is 21.0 Å². The molecule has 0 fully saturated rings. The molecule has 0 aliphatic rings. The van der Waals surface area contributed by atoms with Gasteiger partial charge in [0.1, 0.15) is 6.07 Å². The van der Waals surface area contributed by atoms with Gasteiger partial charge < -0.3 is 5.73 Å². The predicted molar refractivity (Wildman–Crippen MR) is 56.0 cm³/mol. The van der Waals surface area contributed by atoms with E-state index in [9.17, 15) is 0 Å². The van der Waals surface area contributed by atoms with Crippen LogP contribution in [0.3, 0.4) is 0 Å². The van der Waals surface area contributed by atoms with Gasteiger partial charge in [-0.2, -0.15) is 5.26 Å². The first-order valence-corrected chi connectivity index (χ1v) is 4.85. The average Bonchev–Trinajstić information content (AvgIpc) is 2.54. The third-order valence-corrected chi connectivity index (χ3v) is 3.10. The zero-order valence-corrected chi connectivity index (χ0v) is 8.12. The molecule has 0 unspecified atom stereocenters. The molecular weight excluding hydrogens is 204 g/mol. The SMILES string of the molecule is N#Cc1c(N)c(Cl)cc2ccsc12. The fourth-order valence-electron chi connectivity index (χ4n) is 1.20. The second kappa shape index (κ2) is 2.91. The van der Waals surface area contributed by atoms with Crippen molar-refractivity contribution in [2.75, 3.05) is 5.73 Å². The van der Waals surface area contributed by atoms with Crippen molar-refractivity contribution in [1.82, 2.24) is 0 Å². The Labute approximate surface area is 84.2 Å². The van der Waals surface area contributed by atoms with Crippen molar-refractivity contribution >= 4 is 38.7 Å². The van der Waals surface area contributed by atoms with Gasteiger partial charge >= 0.3 is 0 Å². The van der Waals surface area contributed by atoms with E-state index in [1.165, 1.54) is 11.3 Å². The van der Waals surface area contributed by atoms with Gasteiger partial charge in [-0.15, -0.1) is 11.3 Å². The van der Waals surface area contributed by atoms with Crippen LogP contribution in [0.1, 0.15) is 5.56 Å². The van der Waals surface area contributed by atoms with E-state index in [0.29, 0.717) is 16.3 Å². The molecule has 0 amide bonds. The largest absolute Gasteiger partial charge is 0.396 e. The molecule has 1 aromatic carbocycles. The van der Waals surface area contributed by atoms with Gasteiger partial charge in [-0.25, -0.2) is 0 Å². The molecule has 2 N–H and O–H groups in total. The number of nitrogen functional groups attached to an aromatic ring is 1. The molecule has 2 aromatic rings. The smallest absolute Gasteiger partial charge is 0.103 e. The number of nitrogens with zero attached hydrogens (tertiary/aromatic N) is 1. The lowest BCUT2D eigenvalue weighted by Crippen LogP contribution is -1.91. The Morgan fingerprint density at radius 1 is 1.54 bits per heavy atom. The Hall–Kier alpha value is -1.24. The highest BCUT2D eigenvalue weighted by molar-refractivity contribution is 7.17. The Bertz CT molecular complexity index is 510. The monoisotopic (exact) mass is 208 g/mol. The molecule has 2 nitrogen and oxygen atoms in total. The van der Waals surface area contributed by atoms with E-state index in [-0.39, 0.29) is 0 Å². The van der Waals surface area contributed by atoms with E-state index in [1.807, 2.05) is 11.4 Å². The molecule has 1 aromatic heterocycles. The maximum absolute atomic E-state index is 8.88. The van der Waals surface area contributed by atoms with Gasteiger partial charge in [0.25, 0.3) is 0 Å². The number of fused-ring (bicyclic) bond motifs is 1. The first kappa shape index (κ1) is 8.36. The summed E-state index contributed by atoms with van der Waals surface area (Å²) in [6.45, 7) is 0. The molecule has 4 heteroatoms. The Morgan fingerprint density at radius 2 is 2.31 bits per heavy atom. The number of nitrogens with two attached hydrogens (primary N) is 1. The molecule has 0 atom stereocenters. The van der Waals surface area contributed by atoms with Crippen LogP contribution in [0.15, 0.2) is 17.5 Å². The van der Waals surface area contributed by atoms with Crippen molar-refractivity contribution in [1.29, 1.82) is 5.26 Å². The standard InChI is InChI=1S/C9H5ClN2S/c10-7-3-5-1-2-13-9(5)6(4-11)8(7)12/h1-3H,12H2. The molecule has 0 radical (unpaired) electrons. The summed E-state index contributed by atoms with van der Waals surface area (Å²) in [6, 6.07) is 5.77. The molecule has 0 saturated carbocycles. The van der Waals surface area contributed by atoms with Crippen LogP contribution >= 0.6 is 22.9 Å². The molecule has 0 spiro atoms. The number of anilines is 1. The lowest BCUT2D eigenvalue weighted by atomic mass is 10.1. The Morgan fingerprint density at radius 3 is 3.00 bits per heavy atom. The summed E-state index contributed by atoms with van der Waals surface area (Å²) in [4.78, 5) is 0. The summed E-state index contributed by atoms with van der Waals surface area (Å²) in [5, 5.41) is 12.2. The molecule has 0 bridgehead atoms. The van der Waals surface area contributed by atoms with Crippen molar-refractivity contribution in [3.8, 4) is 6.07 Å². The molecule has 0 saturated heterocycles. The summed E-state index contributed by atoms with van der Waals surface area (Å²) in [7, 11) is 0. The van der Waals surface area contributed by atoms with Crippen LogP contribution in [0, 0.1) is 11.3 Å². The number of hydrogen-bond acceptors (Lipinski definition) is 3. The number of halogens is 1. The van der Waals surface area contributed by atoms with Crippen LogP contribution in [-0.2, 0) is 0 Å². The van der Waals surface area contributed by atoms with E-state index in [0.717, 1.165) is 10.1 Å². The number of rotatable bonds is 0. The number of nitriles is 1. The zero-order chi connectivity index (χ0) is 9.42. The van der Waals surface area contributed by atoms with Crippen molar-refractivity contribution in [2.45, 2.75) is 0 Å². The third kappa shape index (κ3) is 1.15. The van der Waals surface area contributed by atoms with E-state index in [2.05, 4.69) is 6.07 Å². The lowest BCUT2D eigenvalue weighted by Gasteiger charge is -2.01. The minimum absolute atomic E-state index is 0.374. The van der Waals surface area contributed by atoms with Gasteiger partial charge in [-0.3, -0.25) is 0 Å². The topological polar surface area (TPSA) is 49.8 Å². The van der Waals surface area contributed by atoms with Gasteiger partial charge in [-0.05, 0) is 22.9 Å². The normalized spacial score (nSPS) is 10.2. The number of thiophene rings is 1. The number of benzene rings is 1. The van der Waals surface area contributed by atoms with E-state index >= 15 is 0 Å². The first-order chi connectivity index (χ1) is 6.24. The molecule has 1 heterocycles. The summed E-state index contributed by atoms with van der Waals surface area (Å²) in [5.74, 6) is 0. The minimum Gasteiger partial charge on any atom is -0.396 e. The molecule has 64 valence electrons. The maximum atomic E-state index is 8.88. The van der Waals surface area contributed by atoms with Crippen molar-refractivity contribution < 1.29 is 0 Å². The lowest BCUT2D eigenvalue weighted by molar-refractivity contribution is 1.51. The molecule has 0 aliphatic carbocycles. The number of hydrogen-bond donors (Lipinski definition) is 1. The zero-order valence-electron chi connectivity index (χ0n) is 6.54. The summed E-state index contributed by atoms with van der Waals surface area (Å²) in [6.07, 6.45) is 0. The van der Waals surface area contributed by atoms with Crippen LogP contribution < -0.4 is 5.73 Å². The molecular formula is C9H5ClN2S. The maximum Gasteiger partial charge on any atom is 0.103 e. The molecule has 13 heavy (non-hydrogen) atoms. The third-order valence-electron chi connectivity index (χ3n) is 1.84. The highest BCUT2D eigenvalue weighted by Crippen LogP contribution is 2.33. The van der Waals surface area contributed by atoms with Crippen LogP contribution in [-0.4, -0.2) is 0 Å². The van der Waals surface area contributed by atoms with Crippen molar-refractivity contribution in [3.63, 3.8) is 0 Å². The van der Waals surface area contributed by atoms with Crippen LogP contribution in [0.2, 0.25) is 5.02 Å². The quantitative estimate of drug-likeness (QED) is 0.677. The summed E-state index contributed by atoms with van der Waals surface area (Å²) < 4.78 is 0.907. The second-order valence-electron chi connectivity index (χ2n) is 2.60. The van der Waals surface area contributed by atoms with E-state index < -0.39 is 0 Å². The van der Waals surface area contributed by atoms with E-state index in [1.54, 1.807) is 6.07 Å². The Kier molecular flexibility index (Phi) is 1.87. The second-order valence-corrected chi connectivity index (χ2v) is 3.92. The average molecular weight is 209 g/mol. The highest BCUT2D eigenvalue weighted by atomic mass is 35.5. The summed E-state index contributed by atoms with van der Waals surface area (Å²) in [5.41, 5.74) is 6.53. The molecule has 0 aliphatic heterocycles. The minimum atomic E-state index is 0.374. The fourth-order valence-corrected chi connectivity index (χ4v) is 2.30. The van der Waals surface area contributed by atoms with Gasteiger partial charge in [0.15, 0.2) is 0 Å². The molecule has 2 rings (SSSR count). The first-order valence-electron chi connectivity index (χ1n) is 3.59.